The monoisotopic (exact) mass is 351 g/mol. The Morgan fingerprint density at radius 3 is 3.00 bits per heavy atom. The maximum absolute atomic E-state index is 6.01. The highest BCUT2D eigenvalue weighted by Gasteiger charge is 2.32. The number of halogens is 2. The first-order chi connectivity index (χ1) is 9.70. The van der Waals surface area contributed by atoms with Gasteiger partial charge in [-0.3, -0.25) is 16.3 Å². The van der Waals surface area contributed by atoms with Gasteiger partial charge in [0.15, 0.2) is 0 Å². The Labute approximate surface area is 131 Å². The number of fused-ring (bicyclic) bond motifs is 1. The number of hydrazine groups is 1. The van der Waals surface area contributed by atoms with E-state index in [4.69, 9.17) is 17.4 Å². The number of rotatable bonds is 3. The van der Waals surface area contributed by atoms with Crippen LogP contribution in [0.15, 0.2) is 41.0 Å². The van der Waals surface area contributed by atoms with Crippen LogP contribution in [0.25, 0.3) is 0 Å². The van der Waals surface area contributed by atoms with Gasteiger partial charge in [0, 0.05) is 27.3 Å². The summed E-state index contributed by atoms with van der Waals surface area (Å²) in [5.74, 6) is 6.10. The lowest BCUT2D eigenvalue weighted by molar-refractivity contribution is 0.445. The van der Waals surface area contributed by atoms with Crippen molar-refractivity contribution in [2.24, 2.45) is 5.84 Å². The third kappa shape index (κ3) is 2.49. The van der Waals surface area contributed by atoms with Crippen molar-refractivity contribution in [1.29, 1.82) is 0 Å². The molecule has 104 valence electrons. The van der Waals surface area contributed by atoms with Crippen LogP contribution in [-0.4, -0.2) is 4.98 Å². The summed E-state index contributed by atoms with van der Waals surface area (Å²) in [6.45, 7) is 0. The number of hydrogen-bond acceptors (Lipinski definition) is 3. The third-order valence-electron chi connectivity index (χ3n) is 3.88. The summed E-state index contributed by atoms with van der Waals surface area (Å²) in [6.07, 6.45) is 3.95. The number of aryl methyl sites for hydroxylation is 1. The molecule has 0 spiro atoms. The van der Waals surface area contributed by atoms with Gasteiger partial charge in [0.25, 0.3) is 0 Å². The van der Waals surface area contributed by atoms with E-state index in [1.165, 1.54) is 5.56 Å². The van der Waals surface area contributed by atoms with Crippen molar-refractivity contribution in [3.05, 3.63) is 62.8 Å². The van der Waals surface area contributed by atoms with Crippen LogP contribution in [0, 0.1) is 0 Å². The second-order valence-corrected chi connectivity index (χ2v) is 6.29. The average Bonchev–Trinajstić information content (AvgIpc) is 2.86. The van der Waals surface area contributed by atoms with Gasteiger partial charge in [-0.1, -0.05) is 39.7 Å². The van der Waals surface area contributed by atoms with Crippen molar-refractivity contribution >= 4 is 27.5 Å². The van der Waals surface area contributed by atoms with Gasteiger partial charge in [0.1, 0.15) is 0 Å². The molecule has 3 rings (SSSR count). The number of pyridine rings is 1. The molecule has 0 radical (unpaired) electrons. The van der Waals surface area contributed by atoms with Crippen LogP contribution in [0.4, 0.5) is 0 Å². The van der Waals surface area contributed by atoms with E-state index in [0.29, 0.717) is 5.02 Å². The minimum Gasteiger partial charge on any atom is -0.271 e. The zero-order chi connectivity index (χ0) is 14.1. The zero-order valence-corrected chi connectivity index (χ0v) is 13.2. The standard InChI is InChI=1S/C15H15BrClN3/c16-13-8-10(17)4-6-11(13)15(20-18)12-5-3-9-2-1-7-19-14(9)12/h1-2,4,6-8,12,15,20H,3,5,18H2. The topological polar surface area (TPSA) is 50.9 Å². The molecular weight excluding hydrogens is 338 g/mol. The van der Waals surface area contributed by atoms with Crippen LogP contribution in [0.5, 0.6) is 0 Å². The minimum absolute atomic E-state index is 0.0257. The summed E-state index contributed by atoms with van der Waals surface area (Å²) in [6, 6.07) is 9.96. The van der Waals surface area contributed by atoms with Gasteiger partial charge in [-0.2, -0.15) is 0 Å². The molecule has 1 aliphatic rings. The highest BCUT2D eigenvalue weighted by molar-refractivity contribution is 9.10. The Kier molecular flexibility index (Phi) is 4.08. The number of nitrogens with zero attached hydrogens (tertiary/aromatic N) is 1. The predicted molar refractivity (Wildman–Crippen MR) is 84.5 cm³/mol. The lowest BCUT2D eigenvalue weighted by Crippen LogP contribution is -2.32. The molecule has 5 heteroatoms. The molecule has 3 N–H and O–H groups in total. The zero-order valence-electron chi connectivity index (χ0n) is 10.8. The molecule has 2 atom stereocenters. The summed E-state index contributed by atoms with van der Waals surface area (Å²) < 4.78 is 0.970. The van der Waals surface area contributed by atoms with Crippen molar-refractivity contribution < 1.29 is 0 Å². The summed E-state index contributed by atoms with van der Waals surface area (Å²) in [7, 11) is 0. The van der Waals surface area contributed by atoms with Gasteiger partial charge < -0.3 is 0 Å². The first kappa shape index (κ1) is 14.0. The van der Waals surface area contributed by atoms with Gasteiger partial charge >= 0.3 is 0 Å². The molecule has 0 saturated heterocycles. The van der Waals surface area contributed by atoms with Crippen molar-refractivity contribution in [2.75, 3.05) is 0 Å². The van der Waals surface area contributed by atoms with Gasteiger partial charge in [-0.05, 0) is 42.2 Å². The molecule has 1 aromatic heterocycles. The van der Waals surface area contributed by atoms with Crippen LogP contribution in [0.1, 0.15) is 35.2 Å². The van der Waals surface area contributed by atoms with E-state index < -0.39 is 0 Å². The van der Waals surface area contributed by atoms with Gasteiger partial charge in [-0.25, -0.2) is 0 Å². The van der Waals surface area contributed by atoms with E-state index in [1.807, 2.05) is 30.5 Å². The summed E-state index contributed by atoms with van der Waals surface area (Å²) in [5.41, 5.74) is 6.53. The molecule has 20 heavy (non-hydrogen) atoms. The van der Waals surface area contributed by atoms with Crippen LogP contribution in [0.2, 0.25) is 5.02 Å². The number of aromatic nitrogens is 1. The number of benzene rings is 1. The van der Waals surface area contributed by atoms with E-state index in [2.05, 4.69) is 32.4 Å². The van der Waals surface area contributed by atoms with Crippen molar-refractivity contribution in [3.8, 4) is 0 Å². The van der Waals surface area contributed by atoms with Crippen molar-refractivity contribution in [2.45, 2.75) is 24.8 Å². The fourth-order valence-electron chi connectivity index (χ4n) is 2.94. The fraction of sp³-hybridized carbons (Fsp3) is 0.267. The number of nitrogens with two attached hydrogens (primary N) is 1. The first-order valence-corrected chi connectivity index (χ1v) is 7.72. The molecule has 2 unspecified atom stereocenters. The molecule has 0 amide bonds. The molecule has 2 aromatic rings. The lowest BCUT2D eigenvalue weighted by Gasteiger charge is -2.24. The van der Waals surface area contributed by atoms with Gasteiger partial charge in [0.2, 0.25) is 0 Å². The summed E-state index contributed by atoms with van der Waals surface area (Å²) in [4.78, 5) is 4.55. The van der Waals surface area contributed by atoms with Crippen LogP contribution >= 0.6 is 27.5 Å². The quantitative estimate of drug-likeness (QED) is 0.653. The predicted octanol–water partition coefficient (Wildman–Crippen LogP) is 3.73. The maximum atomic E-state index is 6.01. The smallest absolute Gasteiger partial charge is 0.0554 e. The second-order valence-electron chi connectivity index (χ2n) is 5.00. The fourth-order valence-corrected chi connectivity index (χ4v) is 3.87. The molecule has 1 aromatic carbocycles. The normalized spacial score (nSPS) is 18.9. The van der Waals surface area contributed by atoms with E-state index in [1.54, 1.807) is 0 Å². The largest absolute Gasteiger partial charge is 0.271 e. The molecule has 0 saturated carbocycles. The highest BCUT2D eigenvalue weighted by atomic mass is 79.9. The van der Waals surface area contributed by atoms with Gasteiger partial charge in [0.05, 0.1) is 6.04 Å². The Hall–Kier alpha value is -0.940. The molecule has 0 aliphatic heterocycles. The molecular formula is C15H15BrClN3. The van der Waals surface area contributed by atoms with E-state index in [-0.39, 0.29) is 12.0 Å². The number of hydrogen-bond donors (Lipinski definition) is 2. The Morgan fingerprint density at radius 1 is 1.40 bits per heavy atom. The van der Waals surface area contributed by atoms with Crippen LogP contribution in [-0.2, 0) is 6.42 Å². The molecule has 1 heterocycles. The molecule has 0 fully saturated rings. The molecule has 0 bridgehead atoms. The summed E-state index contributed by atoms with van der Waals surface area (Å²) in [5, 5.41) is 0.710. The van der Waals surface area contributed by atoms with E-state index >= 15 is 0 Å². The maximum Gasteiger partial charge on any atom is 0.0554 e. The van der Waals surface area contributed by atoms with E-state index in [9.17, 15) is 0 Å². The van der Waals surface area contributed by atoms with E-state index in [0.717, 1.165) is 28.6 Å². The van der Waals surface area contributed by atoms with Crippen LogP contribution < -0.4 is 11.3 Å². The third-order valence-corrected chi connectivity index (χ3v) is 4.80. The SMILES string of the molecule is NNC(c1ccc(Cl)cc1Br)C1CCc2cccnc21. The number of nitrogens with one attached hydrogen (secondary N) is 1. The summed E-state index contributed by atoms with van der Waals surface area (Å²) >= 11 is 9.59. The molecule has 1 aliphatic carbocycles. The first-order valence-electron chi connectivity index (χ1n) is 6.55. The average molecular weight is 353 g/mol. The molecule has 3 nitrogen and oxygen atoms in total. The minimum atomic E-state index is 0.0257. The second kappa shape index (κ2) is 5.82. The Bertz CT molecular complexity index is 632. The lowest BCUT2D eigenvalue weighted by atomic mass is 9.91. The Balaban J connectivity index is 1.99. The van der Waals surface area contributed by atoms with Crippen molar-refractivity contribution in [3.63, 3.8) is 0 Å². The van der Waals surface area contributed by atoms with Gasteiger partial charge in [-0.15, -0.1) is 0 Å². The highest BCUT2D eigenvalue weighted by Crippen LogP contribution is 2.42. The Morgan fingerprint density at radius 2 is 2.25 bits per heavy atom. The van der Waals surface area contributed by atoms with Crippen molar-refractivity contribution in [1.82, 2.24) is 10.4 Å². The van der Waals surface area contributed by atoms with Crippen LogP contribution in [0.3, 0.4) is 0 Å².